The molecule has 0 saturated carbocycles. The molecule has 0 atom stereocenters. The average Bonchev–Trinajstić information content (AvgIpc) is 3.06. The van der Waals surface area contributed by atoms with Crippen LogP contribution in [0.1, 0.15) is 38.5 Å². The molecule has 0 aromatic heterocycles. The number of aliphatic carboxylic acids is 1. The lowest BCUT2D eigenvalue weighted by atomic mass is 10.2. The third-order valence-electron chi connectivity index (χ3n) is 5.81. The maximum atomic E-state index is 11.4. The van der Waals surface area contributed by atoms with Crippen molar-refractivity contribution in [2.75, 3.05) is 143 Å². The summed E-state index contributed by atoms with van der Waals surface area (Å²) in [4.78, 5) is 32.6. The number of carbonyl (C=O) groups excluding carboxylic acids is 2. The van der Waals surface area contributed by atoms with E-state index in [4.69, 9.17) is 57.2 Å². The fraction of sp³-hybridized carbons (Fsp3) is 0.903. The van der Waals surface area contributed by atoms with Crippen LogP contribution >= 0.6 is 22.6 Å². The van der Waals surface area contributed by atoms with E-state index in [0.717, 1.165) is 13.0 Å². The van der Waals surface area contributed by atoms with Crippen LogP contribution in [-0.2, 0) is 66.5 Å². The molecule has 0 aromatic rings. The van der Waals surface area contributed by atoms with Gasteiger partial charge in [0.05, 0.1) is 132 Å². The van der Waals surface area contributed by atoms with Crippen molar-refractivity contribution in [2.24, 2.45) is 0 Å². The van der Waals surface area contributed by atoms with Gasteiger partial charge < -0.3 is 57.2 Å². The Morgan fingerprint density at radius 1 is 0.383 bits per heavy atom. The fourth-order valence-electron chi connectivity index (χ4n) is 3.34. The maximum absolute atomic E-state index is 11.4. The van der Waals surface area contributed by atoms with Crippen LogP contribution in [-0.4, -0.2) is 166 Å². The SMILES string of the molecule is O=C(CCC(=O)C(=O)O)OCCOCCOCCOCCOCCOCCOCCOCCOCCOCCOCCCCCCI. The van der Waals surface area contributed by atoms with Crippen LogP contribution in [0.4, 0.5) is 0 Å². The van der Waals surface area contributed by atoms with Gasteiger partial charge in [-0.25, -0.2) is 4.79 Å². The molecule has 47 heavy (non-hydrogen) atoms. The molecule has 0 aliphatic heterocycles. The van der Waals surface area contributed by atoms with Crippen LogP contribution in [0.15, 0.2) is 0 Å². The predicted octanol–water partition coefficient (Wildman–Crippen LogP) is 2.12. The Hall–Kier alpha value is -1.06. The van der Waals surface area contributed by atoms with E-state index in [1.54, 1.807) is 0 Å². The molecular formula is C31H57IO15. The number of ether oxygens (including phenoxy) is 11. The van der Waals surface area contributed by atoms with E-state index >= 15 is 0 Å². The zero-order chi connectivity index (χ0) is 34.3. The highest BCUT2D eigenvalue weighted by Crippen LogP contribution is 2.02. The Labute approximate surface area is 292 Å². The topological polar surface area (TPSA) is 173 Å². The monoisotopic (exact) mass is 796 g/mol. The molecule has 0 heterocycles. The van der Waals surface area contributed by atoms with Gasteiger partial charge in [0.25, 0.3) is 0 Å². The average molecular weight is 797 g/mol. The number of esters is 1. The van der Waals surface area contributed by atoms with Crippen LogP contribution < -0.4 is 0 Å². The number of halogens is 1. The normalized spacial score (nSPS) is 11.3. The fourth-order valence-corrected chi connectivity index (χ4v) is 3.88. The van der Waals surface area contributed by atoms with Crippen LogP contribution in [0.3, 0.4) is 0 Å². The van der Waals surface area contributed by atoms with Gasteiger partial charge >= 0.3 is 11.9 Å². The largest absolute Gasteiger partial charge is 0.476 e. The van der Waals surface area contributed by atoms with Crippen molar-refractivity contribution >= 4 is 40.3 Å². The van der Waals surface area contributed by atoms with Gasteiger partial charge in [-0.1, -0.05) is 35.4 Å². The minimum atomic E-state index is -1.56. The summed E-state index contributed by atoms with van der Waals surface area (Å²) >= 11 is 2.41. The van der Waals surface area contributed by atoms with Crippen molar-refractivity contribution in [3.8, 4) is 0 Å². The number of carboxylic acids is 1. The summed E-state index contributed by atoms with van der Waals surface area (Å²) in [6.07, 6.45) is 4.28. The zero-order valence-corrected chi connectivity index (χ0v) is 30.0. The zero-order valence-electron chi connectivity index (χ0n) is 27.8. The number of hydrogen-bond donors (Lipinski definition) is 1. The number of ketones is 1. The van der Waals surface area contributed by atoms with Crippen molar-refractivity contribution < 1.29 is 71.6 Å². The molecule has 0 aliphatic rings. The van der Waals surface area contributed by atoms with E-state index < -0.39 is 17.7 Å². The van der Waals surface area contributed by atoms with Crippen molar-refractivity contribution in [3.05, 3.63) is 0 Å². The number of hydrogen-bond acceptors (Lipinski definition) is 14. The summed E-state index contributed by atoms with van der Waals surface area (Å²) < 4.78 is 60.4. The highest BCUT2D eigenvalue weighted by molar-refractivity contribution is 14.1. The minimum absolute atomic E-state index is 0.0164. The molecule has 16 heteroatoms. The van der Waals surface area contributed by atoms with E-state index in [2.05, 4.69) is 22.6 Å². The molecule has 0 amide bonds. The van der Waals surface area contributed by atoms with Gasteiger partial charge in [-0.3, -0.25) is 9.59 Å². The number of carboxylic acid groups (broad SMARTS) is 1. The Morgan fingerprint density at radius 3 is 1.00 bits per heavy atom. The van der Waals surface area contributed by atoms with Gasteiger partial charge in [-0.05, 0) is 17.3 Å². The van der Waals surface area contributed by atoms with Crippen LogP contribution in [0.2, 0.25) is 0 Å². The van der Waals surface area contributed by atoms with E-state index in [9.17, 15) is 14.4 Å². The molecule has 0 aromatic carbocycles. The van der Waals surface area contributed by atoms with Gasteiger partial charge in [-0.15, -0.1) is 0 Å². The van der Waals surface area contributed by atoms with Crippen molar-refractivity contribution in [3.63, 3.8) is 0 Å². The van der Waals surface area contributed by atoms with E-state index in [1.165, 1.54) is 23.7 Å². The third-order valence-corrected chi connectivity index (χ3v) is 6.57. The minimum Gasteiger partial charge on any atom is -0.476 e. The quantitative estimate of drug-likeness (QED) is 0.0314. The Kier molecular flexibility index (Phi) is 38.5. The van der Waals surface area contributed by atoms with Crippen molar-refractivity contribution in [2.45, 2.75) is 38.5 Å². The van der Waals surface area contributed by atoms with Gasteiger partial charge in [-0.2, -0.15) is 0 Å². The molecule has 1 N–H and O–H groups in total. The molecule has 0 spiro atoms. The van der Waals surface area contributed by atoms with E-state index in [1.807, 2.05) is 0 Å². The summed E-state index contributed by atoms with van der Waals surface area (Å²) in [5.41, 5.74) is 0. The summed E-state index contributed by atoms with van der Waals surface area (Å²) in [6.45, 7) is 9.65. The predicted molar refractivity (Wildman–Crippen MR) is 178 cm³/mol. The number of alkyl halides is 1. The summed E-state index contributed by atoms with van der Waals surface area (Å²) in [5, 5.41) is 8.44. The van der Waals surface area contributed by atoms with Crippen LogP contribution in [0.25, 0.3) is 0 Å². The molecular weight excluding hydrogens is 739 g/mol. The summed E-state index contributed by atoms with van der Waals surface area (Å²) in [7, 11) is 0. The number of rotatable bonds is 40. The molecule has 278 valence electrons. The molecule has 0 unspecified atom stereocenters. The Morgan fingerprint density at radius 2 is 0.681 bits per heavy atom. The molecule has 0 bridgehead atoms. The molecule has 0 saturated heterocycles. The third kappa shape index (κ3) is 39.3. The van der Waals surface area contributed by atoms with Crippen molar-refractivity contribution in [1.82, 2.24) is 0 Å². The smallest absolute Gasteiger partial charge is 0.372 e. The lowest BCUT2D eigenvalue weighted by molar-refractivity contribution is -0.151. The molecule has 15 nitrogen and oxygen atoms in total. The van der Waals surface area contributed by atoms with Crippen LogP contribution in [0.5, 0.6) is 0 Å². The van der Waals surface area contributed by atoms with Gasteiger partial charge in [0.1, 0.15) is 6.61 Å². The van der Waals surface area contributed by atoms with Gasteiger partial charge in [0.2, 0.25) is 5.78 Å². The maximum Gasteiger partial charge on any atom is 0.372 e. The lowest BCUT2D eigenvalue weighted by Gasteiger charge is -2.09. The lowest BCUT2D eigenvalue weighted by Crippen LogP contribution is -2.17. The second-order valence-corrected chi connectivity index (χ2v) is 10.8. The molecule has 0 fully saturated rings. The molecule has 0 rings (SSSR count). The van der Waals surface area contributed by atoms with Crippen LogP contribution in [0, 0.1) is 0 Å². The number of unbranched alkanes of at least 4 members (excludes halogenated alkanes) is 3. The van der Waals surface area contributed by atoms with Crippen molar-refractivity contribution in [1.29, 1.82) is 0 Å². The first kappa shape index (κ1) is 45.9. The summed E-state index contributed by atoms with van der Waals surface area (Å²) in [5.74, 6) is -3.23. The van der Waals surface area contributed by atoms with Gasteiger partial charge in [0, 0.05) is 13.0 Å². The highest BCUT2D eigenvalue weighted by atomic mass is 127. The molecule has 0 radical (unpaired) electrons. The number of Topliss-reactive ketones (excluding diaryl/α,β-unsaturated/α-hetero) is 1. The van der Waals surface area contributed by atoms with Gasteiger partial charge in [0.15, 0.2) is 0 Å². The second-order valence-electron chi connectivity index (χ2n) is 9.68. The summed E-state index contributed by atoms with van der Waals surface area (Å²) in [6, 6.07) is 0. The molecule has 0 aliphatic carbocycles. The first-order chi connectivity index (χ1) is 23.1. The Bertz CT molecular complexity index is 702. The second kappa shape index (κ2) is 39.4. The highest BCUT2D eigenvalue weighted by Gasteiger charge is 2.14. The Balaban J connectivity index is 3.11. The van der Waals surface area contributed by atoms with E-state index in [0.29, 0.717) is 119 Å². The van der Waals surface area contributed by atoms with E-state index in [-0.39, 0.29) is 26.1 Å². The standard InChI is InChI=1S/C31H57IO15/c32-7-3-1-2-4-8-37-9-10-38-11-12-39-13-14-40-15-16-41-17-18-42-19-20-43-21-22-44-23-24-45-25-26-46-27-28-47-30(34)6-5-29(33)31(35)36/h1-28H2,(H,35,36). The number of carbonyl (C=O) groups is 3. The first-order valence-corrected chi connectivity index (χ1v) is 17.9. The first-order valence-electron chi connectivity index (χ1n) is 16.3.